The Hall–Kier alpha value is -4.14. The lowest BCUT2D eigenvalue weighted by Crippen LogP contribution is -2.48. The number of pyridine rings is 1. The zero-order valence-electron chi connectivity index (χ0n) is 17.4. The van der Waals surface area contributed by atoms with Crippen LogP contribution < -0.4 is 9.64 Å². The van der Waals surface area contributed by atoms with Crippen LogP contribution in [0.3, 0.4) is 0 Å². The molecule has 0 radical (unpaired) electrons. The van der Waals surface area contributed by atoms with Gasteiger partial charge in [0.2, 0.25) is 5.71 Å². The van der Waals surface area contributed by atoms with Gasteiger partial charge in [0.1, 0.15) is 5.75 Å². The highest BCUT2D eigenvalue weighted by Gasteiger charge is 2.25. The van der Waals surface area contributed by atoms with E-state index in [1.165, 1.54) is 12.1 Å². The second-order valence-electron chi connectivity index (χ2n) is 7.60. The zero-order chi connectivity index (χ0) is 22.2. The van der Waals surface area contributed by atoms with Gasteiger partial charge in [-0.15, -0.1) is 0 Å². The summed E-state index contributed by atoms with van der Waals surface area (Å²) in [5.41, 5.74) is 2.16. The van der Waals surface area contributed by atoms with Crippen molar-refractivity contribution in [2.45, 2.75) is 0 Å². The highest BCUT2D eigenvalue weighted by molar-refractivity contribution is 5.98. The molecular formula is C23H20N4O5. The molecule has 0 unspecified atom stereocenters. The van der Waals surface area contributed by atoms with Gasteiger partial charge in [0, 0.05) is 54.8 Å². The summed E-state index contributed by atoms with van der Waals surface area (Å²) in [6.07, 6.45) is 0. The van der Waals surface area contributed by atoms with Crippen molar-refractivity contribution < 1.29 is 18.9 Å². The first-order chi connectivity index (χ1) is 15.5. The topological polar surface area (TPSA) is 102 Å². The Balaban J connectivity index is 1.31. The first-order valence-electron chi connectivity index (χ1n) is 10.2. The number of furan rings is 1. The van der Waals surface area contributed by atoms with Gasteiger partial charge in [-0.2, -0.15) is 0 Å². The van der Waals surface area contributed by atoms with E-state index in [9.17, 15) is 14.9 Å². The fourth-order valence-corrected chi connectivity index (χ4v) is 3.95. The normalized spacial score (nSPS) is 14.2. The fraction of sp³-hybridized carbons (Fsp3) is 0.217. The lowest BCUT2D eigenvalue weighted by Gasteiger charge is -2.35. The number of nitro groups is 1. The van der Waals surface area contributed by atoms with Gasteiger partial charge in [0.25, 0.3) is 11.6 Å². The Morgan fingerprint density at radius 1 is 1.03 bits per heavy atom. The number of hydrogen-bond donors (Lipinski definition) is 0. The summed E-state index contributed by atoms with van der Waals surface area (Å²) in [7, 11) is 1.61. The predicted molar refractivity (Wildman–Crippen MR) is 119 cm³/mol. The number of carbonyl (C=O) groups excluding carboxylic acids is 1. The van der Waals surface area contributed by atoms with Crippen LogP contribution in [0, 0.1) is 10.1 Å². The molecule has 0 aliphatic carbocycles. The molecule has 1 amide bonds. The van der Waals surface area contributed by atoms with E-state index in [0.717, 1.165) is 27.7 Å². The van der Waals surface area contributed by atoms with Crippen LogP contribution in [0.4, 0.5) is 11.4 Å². The highest BCUT2D eigenvalue weighted by Crippen LogP contribution is 2.27. The molecule has 9 heteroatoms. The van der Waals surface area contributed by atoms with Gasteiger partial charge in [0.15, 0.2) is 5.76 Å². The van der Waals surface area contributed by atoms with Crippen molar-refractivity contribution in [3.05, 3.63) is 70.5 Å². The summed E-state index contributed by atoms with van der Waals surface area (Å²) in [5.74, 6) is 0.830. The first kappa shape index (κ1) is 19.8. The smallest absolute Gasteiger partial charge is 0.289 e. The zero-order valence-corrected chi connectivity index (χ0v) is 17.4. The van der Waals surface area contributed by atoms with E-state index in [1.54, 1.807) is 30.2 Å². The van der Waals surface area contributed by atoms with Crippen molar-refractivity contribution in [2.75, 3.05) is 38.2 Å². The number of piperazine rings is 1. The number of nitro benzene ring substituents is 1. The monoisotopic (exact) mass is 432 g/mol. The SMILES string of the molecule is COc1ccc2nc3oc(C(=O)N4CCN(c5ccc([N+](=O)[O-])cc5)CC4)cc3cc2c1. The third kappa shape index (κ3) is 3.58. The Kier molecular flexibility index (Phi) is 4.85. The molecule has 1 aliphatic heterocycles. The van der Waals surface area contributed by atoms with Crippen molar-refractivity contribution in [3.63, 3.8) is 0 Å². The summed E-state index contributed by atoms with van der Waals surface area (Å²) in [6.45, 7) is 2.32. The molecule has 1 fully saturated rings. The van der Waals surface area contributed by atoms with Crippen LogP contribution in [0.5, 0.6) is 5.75 Å². The lowest BCUT2D eigenvalue weighted by molar-refractivity contribution is -0.384. The Morgan fingerprint density at radius 3 is 2.47 bits per heavy atom. The van der Waals surface area contributed by atoms with Crippen molar-refractivity contribution in [3.8, 4) is 5.75 Å². The Labute approximate surface area is 182 Å². The highest BCUT2D eigenvalue weighted by atomic mass is 16.6. The Bertz CT molecular complexity index is 1320. The first-order valence-corrected chi connectivity index (χ1v) is 10.2. The van der Waals surface area contributed by atoms with Gasteiger partial charge < -0.3 is 19.0 Å². The van der Waals surface area contributed by atoms with E-state index >= 15 is 0 Å². The number of benzene rings is 2. The van der Waals surface area contributed by atoms with Crippen molar-refractivity contribution in [1.82, 2.24) is 9.88 Å². The van der Waals surface area contributed by atoms with E-state index in [4.69, 9.17) is 9.15 Å². The fourth-order valence-electron chi connectivity index (χ4n) is 3.95. The quantitative estimate of drug-likeness (QED) is 0.356. The standard InChI is InChI=1S/C23H20N4O5/c1-31-19-6-7-20-15(13-19)12-16-14-21(32-22(16)24-20)23(28)26-10-8-25(9-11-26)17-2-4-18(5-3-17)27(29)30/h2-7,12-14H,8-11H2,1H3. The third-order valence-electron chi connectivity index (χ3n) is 5.71. The molecule has 3 heterocycles. The second-order valence-corrected chi connectivity index (χ2v) is 7.60. The van der Waals surface area contributed by atoms with Gasteiger partial charge in [0.05, 0.1) is 17.5 Å². The second kappa shape index (κ2) is 7.84. The summed E-state index contributed by atoms with van der Waals surface area (Å²) >= 11 is 0. The molecule has 162 valence electrons. The van der Waals surface area contributed by atoms with Crippen molar-refractivity contribution in [1.29, 1.82) is 0 Å². The van der Waals surface area contributed by atoms with E-state index in [-0.39, 0.29) is 17.4 Å². The van der Waals surface area contributed by atoms with Crippen LogP contribution in [0.15, 0.2) is 59.0 Å². The van der Waals surface area contributed by atoms with Gasteiger partial charge in [-0.05, 0) is 42.5 Å². The number of ether oxygens (including phenoxy) is 1. The average molecular weight is 432 g/mol. The molecule has 0 bridgehead atoms. The van der Waals surface area contributed by atoms with E-state index in [1.807, 2.05) is 24.3 Å². The van der Waals surface area contributed by atoms with Gasteiger partial charge >= 0.3 is 0 Å². The number of carbonyl (C=O) groups is 1. The van der Waals surface area contributed by atoms with Gasteiger partial charge in [-0.3, -0.25) is 14.9 Å². The summed E-state index contributed by atoms with van der Waals surface area (Å²) in [4.78, 5) is 31.8. The molecule has 9 nitrogen and oxygen atoms in total. The van der Waals surface area contributed by atoms with Gasteiger partial charge in [-0.25, -0.2) is 4.98 Å². The van der Waals surface area contributed by atoms with Crippen LogP contribution in [-0.4, -0.2) is 54.0 Å². The van der Waals surface area contributed by atoms with Crippen LogP contribution in [-0.2, 0) is 0 Å². The summed E-state index contributed by atoms with van der Waals surface area (Å²) in [5, 5.41) is 12.5. The number of rotatable bonds is 4. The van der Waals surface area contributed by atoms with Crippen LogP contribution >= 0.6 is 0 Å². The number of aromatic nitrogens is 1. The number of fused-ring (bicyclic) bond motifs is 2. The van der Waals surface area contributed by atoms with Gasteiger partial charge in [-0.1, -0.05) is 0 Å². The van der Waals surface area contributed by atoms with E-state index in [0.29, 0.717) is 31.9 Å². The summed E-state index contributed by atoms with van der Waals surface area (Å²) < 4.78 is 11.1. The average Bonchev–Trinajstić information content (AvgIpc) is 3.24. The molecule has 2 aromatic carbocycles. The van der Waals surface area contributed by atoms with Crippen molar-refractivity contribution >= 4 is 39.3 Å². The maximum absolute atomic E-state index is 13.0. The molecule has 4 aromatic rings. The van der Waals surface area contributed by atoms with Crippen LogP contribution in [0.25, 0.3) is 22.0 Å². The third-order valence-corrected chi connectivity index (χ3v) is 5.71. The van der Waals surface area contributed by atoms with E-state index < -0.39 is 4.92 Å². The lowest BCUT2D eigenvalue weighted by atomic mass is 10.2. The number of methoxy groups -OCH3 is 1. The number of nitrogens with zero attached hydrogens (tertiary/aromatic N) is 4. The largest absolute Gasteiger partial charge is 0.497 e. The number of amides is 1. The van der Waals surface area contributed by atoms with Crippen molar-refractivity contribution in [2.24, 2.45) is 0 Å². The molecule has 0 saturated carbocycles. The van der Waals surface area contributed by atoms with Crippen LogP contribution in [0.1, 0.15) is 10.6 Å². The molecule has 1 aliphatic rings. The molecule has 1 saturated heterocycles. The van der Waals surface area contributed by atoms with E-state index in [2.05, 4.69) is 9.88 Å². The molecule has 0 N–H and O–H groups in total. The predicted octanol–water partition coefficient (Wildman–Crippen LogP) is 3.86. The molecule has 32 heavy (non-hydrogen) atoms. The number of non-ortho nitro benzene ring substituents is 1. The Morgan fingerprint density at radius 2 is 1.78 bits per heavy atom. The molecular weight excluding hydrogens is 412 g/mol. The molecule has 0 atom stereocenters. The minimum Gasteiger partial charge on any atom is -0.497 e. The maximum atomic E-state index is 13.0. The molecule has 5 rings (SSSR count). The summed E-state index contributed by atoms with van der Waals surface area (Å²) in [6, 6.07) is 15.7. The molecule has 0 spiro atoms. The molecule has 2 aromatic heterocycles. The number of hydrogen-bond acceptors (Lipinski definition) is 7. The number of anilines is 1. The van der Waals surface area contributed by atoms with Crippen LogP contribution in [0.2, 0.25) is 0 Å². The minimum absolute atomic E-state index is 0.0622. The minimum atomic E-state index is -0.415. The maximum Gasteiger partial charge on any atom is 0.289 e.